The first-order valence-corrected chi connectivity index (χ1v) is 9.73. The van der Waals surface area contributed by atoms with E-state index in [1.54, 1.807) is 30.3 Å². The molecule has 0 radical (unpaired) electrons. The third kappa shape index (κ3) is 5.70. The normalized spacial score (nSPS) is 13.4. The Balaban J connectivity index is 2.23. The number of carboxylic acid groups (broad SMARTS) is 1. The molecule has 0 fully saturated rings. The summed E-state index contributed by atoms with van der Waals surface area (Å²) in [5.41, 5.74) is -1.40. The van der Waals surface area contributed by atoms with Gasteiger partial charge in [0.15, 0.2) is 0 Å². The maximum absolute atomic E-state index is 14.5. The molecule has 1 unspecified atom stereocenters. The summed E-state index contributed by atoms with van der Waals surface area (Å²) in [7, 11) is 0. The van der Waals surface area contributed by atoms with Gasteiger partial charge in [-0.3, -0.25) is 4.98 Å². The first kappa shape index (κ1) is 24.2. The van der Waals surface area contributed by atoms with Crippen molar-refractivity contribution in [1.29, 1.82) is 0 Å². The van der Waals surface area contributed by atoms with Gasteiger partial charge in [-0.25, -0.2) is 9.18 Å². The van der Waals surface area contributed by atoms with Gasteiger partial charge in [0.2, 0.25) is 0 Å². The summed E-state index contributed by atoms with van der Waals surface area (Å²) in [6.45, 7) is 0. The molecule has 0 bridgehead atoms. The Morgan fingerprint density at radius 3 is 2.39 bits per heavy atom. The Kier molecular flexibility index (Phi) is 7.06. The van der Waals surface area contributed by atoms with E-state index in [0.717, 1.165) is 12.1 Å². The second-order valence-electron chi connectivity index (χ2n) is 7.00. The third-order valence-electron chi connectivity index (χ3n) is 4.67. The van der Waals surface area contributed by atoms with Crippen LogP contribution >= 0.6 is 11.6 Å². The summed E-state index contributed by atoms with van der Waals surface area (Å²) in [4.78, 5) is 15.9. The predicted molar refractivity (Wildman–Crippen MR) is 109 cm³/mol. The number of aromatic nitrogens is 1. The summed E-state index contributed by atoms with van der Waals surface area (Å²) in [5, 5.41) is 12.1. The molecule has 3 aromatic rings. The minimum atomic E-state index is -4.90. The van der Waals surface area contributed by atoms with Crippen molar-refractivity contribution in [3.05, 3.63) is 94.5 Å². The Hall–Kier alpha value is -3.40. The molecular weight excluding hydrogens is 471 g/mol. The molecule has 0 aliphatic rings. The minimum absolute atomic E-state index is 0.0512. The number of benzene rings is 2. The van der Waals surface area contributed by atoms with Crippen LogP contribution in [0.25, 0.3) is 0 Å². The van der Waals surface area contributed by atoms with E-state index < -0.39 is 35.7 Å². The number of nitrogens with one attached hydrogen (secondary N) is 1. The summed E-state index contributed by atoms with van der Waals surface area (Å²) in [6, 6.07) is 13.4. The highest BCUT2D eigenvalue weighted by Crippen LogP contribution is 2.37. The molecule has 1 amide bonds. The van der Waals surface area contributed by atoms with Crippen molar-refractivity contribution in [3.63, 3.8) is 0 Å². The van der Waals surface area contributed by atoms with Gasteiger partial charge in [0.25, 0.3) is 0 Å². The molecule has 0 spiro atoms. The smallest absolute Gasteiger partial charge is 0.461 e. The van der Waals surface area contributed by atoms with E-state index in [1.165, 1.54) is 18.3 Å². The number of alkyl halides is 4. The summed E-state index contributed by atoms with van der Waals surface area (Å²) >= 11 is 5.89. The highest BCUT2D eigenvalue weighted by Gasteiger charge is 2.45. The number of ether oxygens (including phenoxy) is 1. The fraction of sp³-hybridized carbons (Fsp3) is 0.182. The lowest BCUT2D eigenvalue weighted by molar-refractivity contribution is -0.253. The van der Waals surface area contributed by atoms with Crippen molar-refractivity contribution in [1.82, 2.24) is 10.3 Å². The van der Waals surface area contributed by atoms with E-state index in [-0.39, 0.29) is 22.7 Å². The van der Waals surface area contributed by atoms with E-state index in [9.17, 15) is 31.9 Å². The number of amides is 1. The van der Waals surface area contributed by atoms with Crippen LogP contribution in [0.5, 0.6) is 5.75 Å². The monoisotopic (exact) mass is 486 g/mol. The number of hydrogen-bond acceptors (Lipinski definition) is 3. The van der Waals surface area contributed by atoms with E-state index in [0.29, 0.717) is 11.6 Å². The zero-order chi connectivity index (χ0) is 24.2. The first-order valence-electron chi connectivity index (χ1n) is 9.35. The van der Waals surface area contributed by atoms with Gasteiger partial charge in [0.1, 0.15) is 17.1 Å². The average Bonchev–Trinajstić information content (AvgIpc) is 2.73. The molecule has 0 saturated carbocycles. The Morgan fingerprint density at radius 1 is 1.12 bits per heavy atom. The molecule has 3 rings (SSSR count). The zero-order valence-electron chi connectivity index (χ0n) is 16.6. The first-order chi connectivity index (χ1) is 15.5. The maximum Gasteiger partial charge on any atom is 0.461 e. The highest BCUT2D eigenvalue weighted by molar-refractivity contribution is 6.30. The number of rotatable bonds is 8. The highest BCUT2D eigenvalue weighted by atomic mass is 35.5. The molecule has 174 valence electrons. The Bertz CT molecular complexity index is 1120. The minimum Gasteiger partial charge on any atom is -0.465 e. The molecule has 1 atom stereocenters. The van der Waals surface area contributed by atoms with Gasteiger partial charge in [0, 0.05) is 18.7 Å². The Morgan fingerprint density at radius 2 is 1.82 bits per heavy atom. The van der Waals surface area contributed by atoms with Crippen LogP contribution in [0.3, 0.4) is 0 Å². The van der Waals surface area contributed by atoms with E-state index >= 15 is 0 Å². The molecular formula is C22H16ClF5N2O3. The Labute approximate surface area is 189 Å². The molecule has 2 N–H and O–H groups in total. The van der Waals surface area contributed by atoms with E-state index in [4.69, 9.17) is 11.6 Å². The molecule has 5 nitrogen and oxygen atoms in total. The third-order valence-corrected chi connectivity index (χ3v) is 4.89. The fourth-order valence-electron chi connectivity index (χ4n) is 3.30. The second-order valence-corrected chi connectivity index (χ2v) is 7.44. The van der Waals surface area contributed by atoms with E-state index in [2.05, 4.69) is 15.0 Å². The molecule has 1 heterocycles. The molecule has 0 aliphatic heterocycles. The van der Waals surface area contributed by atoms with Crippen molar-refractivity contribution in [3.8, 4) is 5.75 Å². The van der Waals surface area contributed by atoms with Crippen molar-refractivity contribution < 1.29 is 36.6 Å². The number of halogens is 6. The topological polar surface area (TPSA) is 71.5 Å². The van der Waals surface area contributed by atoms with Crippen LogP contribution in [0.1, 0.15) is 16.8 Å². The average molecular weight is 487 g/mol. The van der Waals surface area contributed by atoms with Gasteiger partial charge < -0.3 is 15.2 Å². The van der Waals surface area contributed by atoms with Crippen LogP contribution in [0, 0.1) is 5.82 Å². The van der Waals surface area contributed by atoms with Crippen molar-refractivity contribution in [2.45, 2.75) is 24.5 Å². The lowest BCUT2D eigenvalue weighted by Crippen LogP contribution is -2.48. The van der Waals surface area contributed by atoms with Crippen LogP contribution in [-0.4, -0.2) is 28.7 Å². The lowest BCUT2D eigenvalue weighted by Gasteiger charge is -2.34. The fourth-order valence-corrected chi connectivity index (χ4v) is 3.42. The summed E-state index contributed by atoms with van der Waals surface area (Å²) in [6.07, 6.45) is -9.52. The maximum atomic E-state index is 14.5. The second kappa shape index (κ2) is 9.62. The molecule has 0 aliphatic carbocycles. The number of nitrogens with zero attached hydrogens (tertiary/aromatic N) is 1. The van der Waals surface area contributed by atoms with Gasteiger partial charge in [0.05, 0.1) is 10.7 Å². The molecule has 0 saturated heterocycles. The van der Waals surface area contributed by atoms with Crippen LogP contribution < -0.4 is 10.1 Å². The molecule has 1 aromatic heterocycles. The summed E-state index contributed by atoms with van der Waals surface area (Å²) in [5.74, 6) is -2.04. The van der Waals surface area contributed by atoms with Crippen molar-refractivity contribution in [2.24, 2.45) is 0 Å². The molecule has 33 heavy (non-hydrogen) atoms. The SMILES string of the molecule is O=C(O)NC(Cc1ccccc1)(c1cc(F)cc(OC(F)(F)C(F)F)c1)c1ccc(Cl)cn1. The lowest BCUT2D eigenvalue weighted by atomic mass is 9.80. The quantitative estimate of drug-likeness (QED) is 0.391. The largest absolute Gasteiger partial charge is 0.465 e. The van der Waals surface area contributed by atoms with Gasteiger partial charge in [-0.05, 0) is 35.4 Å². The van der Waals surface area contributed by atoms with E-state index in [1.807, 2.05) is 0 Å². The van der Waals surface area contributed by atoms with Gasteiger partial charge >= 0.3 is 18.6 Å². The van der Waals surface area contributed by atoms with Crippen LogP contribution in [0.2, 0.25) is 5.02 Å². The van der Waals surface area contributed by atoms with Gasteiger partial charge in [-0.15, -0.1) is 0 Å². The van der Waals surface area contributed by atoms with Crippen molar-refractivity contribution in [2.75, 3.05) is 0 Å². The van der Waals surface area contributed by atoms with Gasteiger partial charge in [-0.1, -0.05) is 41.9 Å². The van der Waals surface area contributed by atoms with Crippen LogP contribution in [0.4, 0.5) is 26.7 Å². The number of carbonyl (C=O) groups is 1. The standard InChI is InChI=1S/C22H16ClF5N2O3/c23-15-6-7-18(29-12-15)21(30-20(31)32,11-13-4-2-1-3-5-13)14-8-16(24)10-17(9-14)33-22(27,28)19(25)26/h1-10,12,19,30H,11H2,(H,31,32). The number of hydrogen-bond donors (Lipinski definition) is 2. The molecule has 2 aromatic carbocycles. The van der Waals surface area contributed by atoms with Crippen molar-refractivity contribution >= 4 is 17.7 Å². The summed E-state index contributed by atoms with van der Waals surface area (Å²) < 4.78 is 70.7. The molecule has 11 heteroatoms. The zero-order valence-corrected chi connectivity index (χ0v) is 17.4. The van der Waals surface area contributed by atoms with Gasteiger partial charge in [-0.2, -0.15) is 17.6 Å². The number of pyridine rings is 1. The van der Waals surface area contributed by atoms with Crippen LogP contribution in [-0.2, 0) is 12.0 Å². The predicted octanol–water partition coefficient (Wildman–Crippen LogP) is 5.86. The van der Waals surface area contributed by atoms with Crippen LogP contribution in [0.15, 0.2) is 66.9 Å².